The zero-order valence-corrected chi connectivity index (χ0v) is 16.9. The summed E-state index contributed by atoms with van der Waals surface area (Å²) in [5.41, 5.74) is 0.952. The molecule has 2 aromatic carbocycles. The monoisotopic (exact) mass is 408 g/mol. The van der Waals surface area contributed by atoms with Gasteiger partial charge in [0.2, 0.25) is 0 Å². The molecule has 3 rings (SSSR count). The van der Waals surface area contributed by atoms with E-state index in [0.29, 0.717) is 17.0 Å². The fourth-order valence-electron chi connectivity index (χ4n) is 3.26. The van der Waals surface area contributed by atoms with Crippen LogP contribution in [0, 0.1) is 5.92 Å². The van der Waals surface area contributed by atoms with Gasteiger partial charge in [0.25, 0.3) is 5.91 Å². The highest BCUT2D eigenvalue weighted by Crippen LogP contribution is 2.20. The first-order valence-electron chi connectivity index (χ1n) is 8.84. The Labute approximate surface area is 166 Å². The van der Waals surface area contributed by atoms with Crippen molar-refractivity contribution in [3.63, 3.8) is 0 Å². The largest absolute Gasteiger partial charge is 0.349 e. The van der Waals surface area contributed by atoms with E-state index in [4.69, 9.17) is 0 Å². The molecular weight excluding hydrogens is 384 g/mol. The standard InChI is InChI=1S/C20H24N2O3S.ClH/c1-15-13-21-12-11-19(15)22-20(23)18-10-6-5-7-16(18)14-26(24,25)17-8-3-2-4-9-17;/h2-10,15,19,21H,11-14H2,1H3,(H,22,23);1H. The summed E-state index contributed by atoms with van der Waals surface area (Å²) >= 11 is 0. The van der Waals surface area contributed by atoms with Crippen molar-refractivity contribution < 1.29 is 13.2 Å². The summed E-state index contributed by atoms with van der Waals surface area (Å²) in [4.78, 5) is 13.0. The van der Waals surface area contributed by atoms with Gasteiger partial charge < -0.3 is 10.6 Å². The molecule has 1 fully saturated rings. The quantitative estimate of drug-likeness (QED) is 0.797. The van der Waals surface area contributed by atoms with Crippen LogP contribution in [0.1, 0.15) is 29.3 Å². The Balaban J connectivity index is 0.00000261. The SMILES string of the molecule is CC1CNCCC1NC(=O)c1ccccc1CS(=O)(=O)c1ccccc1.Cl. The number of benzene rings is 2. The molecular formula is C20H25ClN2O3S. The normalized spacial score (nSPS) is 19.7. The Hall–Kier alpha value is -1.89. The maximum absolute atomic E-state index is 12.8. The Kier molecular flexibility index (Phi) is 7.41. The van der Waals surface area contributed by atoms with E-state index >= 15 is 0 Å². The molecule has 2 aromatic rings. The maximum atomic E-state index is 12.8. The van der Waals surface area contributed by atoms with Crippen molar-refractivity contribution in [2.24, 2.45) is 5.92 Å². The van der Waals surface area contributed by atoms with Crippen LogP contribution in [0.25, 0.3) is 0 Å². The highest BCUT2D eigenvalue weighted by molar-refractivity contribution is 7.90. The van der Waals surface area contributed by atoms with E-state index in [1.165, 1.54) is 0 Å². The third-order valence-corrected chi connectivity index (χ3v) is 6.49. The average Bonchev–Trinajstić information content (AvgIpc) is 2.64. The van der Waals surface area contributed by atoms with Gasteiger partial charge in [-0.1, -0.05) is 43.3 Å². The Morgan fingerprint density at radius 1 is 1.11 bits per heavy atom. The van der Waals surface area contributed by atoms with Crippen molar-refractivity contribution >= 4 is 28.2 Å². The van der Waals surface area contributed by atoms with Gasteiger partial charge in [-0.05, 0) is 49.2 Å². The van der Waals surface area contributed by atoms with Crippen LogP contribution in [-0.4, -0.2) is 33.5 Å². The maximum Gasteiger partial charge on any atom is 0.251 e. The Bertz CT molecular complexity index is 872. The van der Waals surface area contributed by atoms with Crippen LogP contribution >= 0.6 is 12.4 Å². The molecule has 146 valence electrons. The van der Waals surface area contributed by atoms with Crippen molar-refractivity contribution in [2.75, 3.05) is 13.1 Å². The van der Waals surface area contributed by atoms with E-state index in [1.807, 2.05) is 0 Å². The molecule has 2 atom stereocenters. The molecule has 27 heavy (non-hydrogen) atoms. The summed E-state index contributed by atoms with van der Waals surface area (Å²) in [6.07, 6.45) is 0.872. The second kappa shape index (κ2) is 9.35. The van der Waals surface area contributed by atoms with E-state index in [-0.39, 0.29) is 35.0 Å². The number of sulfone groups is 1. The molecule has 2 unspecified atom stereocenters. The van der Waals surface area contributed by atoms with Gasteiger partial charge in [-0.15, -0.1) is 12.4 Å². The molecule has 7 heteroatoms. The third-order valence-electron chi connectivity index (χ3n) is 4.81. The third kappa shape index (κ3) is 5.31. The van der Waals surface area contributed by atoms with Crippen molar-refractivity contribution in [1.82, 2.24) is 10.6 Å². The summed E-state index contributed by atoms with van der Waals surface area (Å²) < 4.78 is 25.4. The first kappa shape index (κ1) is 21.4. The van der Waals surface area contributed by atoms with Crippen molar-refractivity contribution in [3.8, 4) is 0 Å². The van der Waals surface area contributed by atoms with Gasteiger partial charge in [0.15, 0.2) is 9.84 Å². The van der Waals surface area contributed by atoms with Crippen LogP contribution in [0.4, 0.5) is 0 Å². The number of piperidine rings is 1. The van der Waals surface area contributed by atoms with Gasteiger partial charge in [-0.2, -0.15) is 0 Å². The van der Waals surface area contributed by atoms with Crippen molar-refractivity contribution in [3.05, 3.63) is 65.7 Å². The van der Waals surface area contributed by atoms with Crippen LogP contribution < -0.4 is 10.6 Å². The predicted octanol–water partition coefficient (Wildman–Crippen LogP) is 2.81. The van der Waals surface area contributed by atoms with Gasteiger partial charge in [-0.25, -0.2) is 8.42 Å². The van der Waals surface area contributed by atoms with Gasteiger partial charge >= 0.3 is 0 Å². The van der Waals surface area contributed by atoms with E-state index in [1.54, 1.807) is 54.6 Å². The van der Waals surface area contributed by atoms with Crippen LogP contribution in [0.2, 0.25) is 0 Å². The lowest BCUT2D eigenvalue weighted by molar-refractivity contribution is 0.0913. The van der Waals surface area contributed by atoms with Crippen LogP contribution in [0.15, 0.2) is 59.5 Å². The van der Waals surface area contributed by atoms with E-state index in [2.05, 4.69) is 17.6 Å². The number of halogens is 1. The number of carbonyl (C=O) groups is 1. The average molecular weight is 409 g/mol. The van der Waals surface area contributed by atoms with Gasteiger partial charge in [0.05, 0.1) is 10.6 Å². The molecule has 0 aromatic heterocycles. The summed E-state index contributed by atoms with van der Waals surface area (Å²) in [5.74, 6) is -0.0573. The van der Waals surface area contributed by atoms with Crippen LogP contribution in [0.5, 0.6) is 0 Å². The summed E-state index contributed by atoms with van der Waals surface area (Å²) in [6, 6.07) is 15.4. The number of amides is 1. The lowest BCUT2D eigenvalue weighted by Crippen LogP contribution is -2.48. The zero-order chi connectivity index (χ0) is 18.6. The summed E-state index contributed by atoms with van der Waals surface area (Å²) in [6.45, 7) is 3.84. The van der Waals surface area contributed by atoms with Crippen molar-refractivity contribution in [2.45, 2.75) is 30.0 Å². The molecule has 0 aliphatic carbocycles. The van der Waals surface area contributed by atoms with Crippen molar-refractivity contribution in [1.29, 1.82) is 0 Å². The Morgan fingerprint density at radius 3 is 2.48 bits per heavy atom. The fourth-order valence-corrected chi connectivity index (χ4v) is 4.66. The number of rotatable bonds is 5. The molecule has 0 saturated carbocycles. The zero-order valence-electron chi connectivity index (χ0n) is 15.2. The summed E-state index contributed by atoms with van der Waals surface area (Å²) in [5, 5.41) is 6.38. The first-order chi connectivity index (χ1) is 12.5. The van der Waals surface area contributed by atoms with E-state index in [9.17, 15) is 13.2 Å². The van der Waals surface area contributed by atoms with Gasteiger partial charge in [0, 0.05) is 11.6 Å². The molecule has 1 heterocycles. The highest BCUT2D eigenvalue weighted by Gasteiger charge is 2.25. The minimum Gasteiger partial charge on any atom is -0.349 e. The number of carbonyl (C=O) groups excluding carboxylic acids is 1. The molecule has 1 amide bonds. The Morgan fingerprint density at radius 2 is 1.78 bits per heavy atom. The molecule has 0 bridgehead atoms. The highest BCUT2D eigenvalue weighted by atomic mass is 35.5. The van der Waals surface area contributed by atoms with E-state index < -0.39 is 9.84 Å². The fraction of sp³-hybridized carbons (Fsp3) is 0.350. The number of hydrogen-bond donors (Lipinski definition) is 2. The molecule has 0 radical (unpaired) electrons. The lowest BCUT2D eigenvalue weighted by Gasteiger charge is -2.30. The molecule has 1 aliphatic rings. The second-order valence-corrected chi connectivity index (χ2v) is 8.77. The van der Waals surface area contributed by atoms with Crippen LogP contribution in [0.3, 0.4) is 0 Å². The minimum absolute atomic E-state index is 0. The molecule has 1 saturated heterocycles. The summed E-state index contributed by atoms with van der Waals surface area (Å²) in [7, 11) is -3.50. The smallest absolute Gasteiger partial charge is 0.251 e. The topological polar surface area (TPSA) is 75.3 Å². The molecule has 0 spiro atoms. The predicted molar refractivity (Wildman–Crippen MR) is 109 cm³/mol. The van der Waals surface area contributed by atoms with E-state index in [0.717, 1.165) is 19.5 Å². The minimum atomic E-state index is -3.50. The van der Waals surface area contributed by atoms with Gasteiger partial charge in [0.1, 0.15) is 0 Å². The lowest BCUT2D eigenvalue weighted by atomic mass is 9.95. The number of hydrogen-bond acceptors (Lipinski definition) is 4. The second-order valence-electron chi connectivity index (χ2n) is 6.78. The molecule has 5 nitrogen and oxygen atoms in total. The van der Waals surface area contributed by atoms with Crippen LogP contribution in [-0.2, 0) is 15.6 Å². The number of nitrogens with one attached hydrogen (secondary N) is 2. The van der Waals surface area contributed by atoms with Gasteiger partial charge in [-0.3, -0.25) is 4.79 Å². The molecule has 1 aliphatic heterocycles. The first-order valence-corrected chi connectivity index (χ1v) is 10.5. The molecule has 2 N–H and O–H groups in total.